The molecule has 3 rings (SSSR count). The summed E-state index contributed by atoms with van der Waals surface area (Å²) in [6, 6.07) is 15.3. The van der Waals surface area contributed by atoms with E-state index in [1.54, 1.807) is 18.3 Å². The Morgan fingerprint density at radius 1 is 1.24 bits per heavy atom. The van der Waals surface area contributed by atoms with Gasteiger partial charge in [0.15, 0.2) is 5.16 Å². The molecule has 7 heteroatoms. The van der Waals surface area contributed by atoms with Gasteiger partial charge in [-0.1, -0.05) is 47.6 Å². The summed E-state index contributed by atoms with van der Waals surface area (Å²) in [5.41, 5.74) is 2.74. The number of rotatable bonds is 5. The molecule has 2 aromatic carbocycles. The first-order valence-electron chi connectivity index (χ1n) is 7.67. The minimum atomic E-state index is -0.00677. The molecular formula is C18H17ClN4OS. The lowest BCUT2D eigenvalue weighted by Gasteiger charge is -2.16. The third kappa shape index (κ3) is 4.03. The van der Waals surface area contributed by atoms with Crippen LogP contribution in [0.1, 0.15) is 5.56 Å². The van der Waals surface area contributed by atoms with E-state index in [2.05, 4.69) is 10.2 Å². The zero-order chi connectivity index (χ0) is 17.8. The van der Waals surface area contributed by atoms with Crippen molar-refractivity contribution in [1.82, 2.24) is 14.8 Å². The number of hydrogen-bond acceptors (Lipinski definition) is 4. The van der Waals surface area contributed by atoms with E-state index >= 15 is 0 Å². The van der Waals surface area contributed by atoms with Gasteiger partial charge >= 0.3 is 0 Å². The van der Waals surface area contributed by atoms with E-state index in [0.717, 1.165) is 16.9 Å². The van der Waals surface area contributed by atoms with Crippen LogP contribution in [0.4, 0.5) is 5.69 Å². The van der Waals surface area contributed by atoms with Crippen molar-refractivity contribution in [2.75, 3.05) is 17.7 Å². The summed E-state index contributed by atoms with van der Waals surface area (Å²) in [6.45, 7) is 1.95. The zero-order valence-electron chi connectivity index (χ0n) is 13.9. The van der Waals surface area contributed by atoms with Crippen molar-refractivity contribution in [3.8, 4) is 5.69 Å². The lowest BCUT2D eigenvalue weighted by atomic mass is 10.2. The highest BCUT2D eigenvalue weighted by atomic mass is 35.5. The number of aryl methyl sites for hydroxylation is 1. The fourth-order valence-corrected chi connectivity index (χ4v) is 3.27. The summed E-state index contributed by atoms with van der Waals surface area (Å²) >= 11 is 7.54. The van der Waals surface area contributed by atoms with Gasteiger partial charge in [0.2, 0.25) is 5.91 Å². The highest BCUT2D eigenvalue weighted by molar-refractivity contribution is 7.99. The predicted octanol–water partition coefficient (Wildman–Crippen LogP) is 3.98. The molecule has 0 aliphatic heterocycles. The van der Waals surface area contributed by atoms with Crippen LogP contribution in [0.3, 0.4) is 0 Å². The van der Waals surface area contributed by atoms with Crippen molar-refractivity contribution in [1.29, 1.82) is 0 Å². The van der Waals surface area contributed by atoms with Crippen molar-refractivity contribution in [2.24, 2.45) is 0 Å². The topological polar surface area (TPSA) is 51.0 Å². The fourth-order valence-electron chi connectivity index (χ4n) is 2.25. The average Bonchev–Trinajstić information content (AvgIpc) is 3.10. The number of para-hydroxylation sites is 1. The van der Waals surface area contributed by atoms with Gasteiger partial charge < -0.3 is 4.90 Å². The molecule has 0 aliphatic carbocycles. The molecule has 3 aromatic rings. The maximum Gasteiger partial charge on any atom is 0.237 e. The SMILES string of the molecule is Cc1ccc(-n2cnnc2SCC(=O)N(C)c2ccccc2)cc1Cl. The molecule has 0 atom stereocenters. The first-order chi connectivity index (χ1) is 12.1. The van der Waals surface area contributed by atoms with Crippen molar-refractivity contribution >= 4 is 35.0 Å². The molecule has 0 aliphatic rings. The molecule has 1 heterocycles. The number of carbonyl (C=O) groups is 1. The summed E-state index contributed by atoms with van der Waals surface area (Å²) < 4.78 is 1.83. The molecule has 1 amide bonds. The maximum absolute atomic E-state index is 12.4. The largest absolute Gasteiger partial charge is 0.315 e. The highest BCUT2D eigenvalue weighted by Crippen LogP contribution is 2.24. The summed E-state index contributed by atoms with van der Waals surface area (Å²) in [5, 5.41) is 9.40. The second-order valence-electron chi connectivity index (χ2n) is 5.49. The van der Waals surface area contributed by atoms with Crippen LogP contribution in [0.5, 0.6) is 0 Å². The van der Waals surface area contributed by atoms with Crippen LogP contribution in [0.2, 0.25) is 5.02 Å². The third-order valence-electron chi connectivity index (χ3n) is 3.79. The monoisotopic (exact) mass is 372 g/mol. The van der Waals surface area contributed by atoms with E-state index in [1.807, 2.05) is 60.0 Å². The maximum atomic E-state index is 12.4. The molecule has 128 valence electrons. The van der Waals surface area contributed by atoms with Crippen LogP contribution in [0.25, 0.3) is 5.69 Å². The van der Waals surface area contributed by atoms with Gasteiger partial charge in [0.05, 0.1) is 11.4 Å². The minimum absolute atomic E-state index is 0.00677. The number of carbonyl (C=O) groups excluding carboxylic acids is 1. The van der Waals surface area contributed by atoms with Gasteiger partial charge in [-0.15, -0.1) is 10.2 Å². The summed E-state index contributed by atoms with van der Waals surface area (Å²) in [7, 11) is 1.77. The van der Waals surface area contributed by atoms with Crippen molar-refractivity contribution in [2.45, 2.75) is 12.1 Å². The minimum Gasteiger partial charge on any atom is -0.315 e. The highest BCUT2D eigenvalue weighted by Gasteiger charge is 2.14. The second-order valence-corrected chi connectivity index (χ2v) is 6.84. The normalized spacial score (nSPS) is 10.7. The number of halogens is 1. The first kappa shape index (κ1) is 17.5. The van der Waals surface area contributed by atoms with Gasteiger partial charge in [-0.3, -0.25) is 9.36 Å². The number of amides is 1. The number of hydrogen-bond donors (Lipinski definition) is 0. The Morgan fingerprint density at radius 2 is 2.00 bits per heavy atom. The van der Waals surface area contributed by atoms with Crippen LogP contribution in [0.15, 0.2) is 60.0 Å². The van der Waals surface area contributed by atoms with Gasteiger partial charge in [0.25, 0.3) is 0 Å². The summed E-state index contributed by atoms with van der Waals surface area (Å²) in [5.74, 6) is 0.261. The Balaban J connectivity index is 1.71. The Labute approximate surface area is 155 Å². The smallest absolute Gasteiger partial charge is 0.237 e. The first-order valence-corrected chi connectivity index (χ1v) is 9.03. The van der Waals surface area contributed by atoms with Gasteiger partial charge in [-0.25, -0.2) is 0 Å². The molecule has 0 radical (unpaired) electrons. The van der Waals surface area contributed by atoms with E-state index in [1.165, 1.54) is 11.8 Å². The molecule has 0 saturated heterocycles. The molecule has 0 bridgehead atoms. The Morgan fingerprint density at radius 3 is 2.72 bits per heavy atom. The zero-order valence-corrected chi connectivity index (χ0v) is 15.5. The summed E-state index contributed by atoms with van der Waals surface area (Å²) in [4.78, 5) is 14.0. The van der Waals surface area contributed by atoms with Crippen LogP contribution < -0.4 is 4.90 Å². The molecule has 0 N–H and O–H groups in total. The van der Waals surface area contributed by atoms with Gasteiger partial charge in [0.1, 0.15) is 6.33 Å². The number of aromatic nitrogens is 3. The molecule has 0 saturated carbocycles. The van der Waals surface area contributed by atoms with Gasteiger partial charge in [-0.2, -0.15) is 0 Å². The van der Waals surface area contributed by atoms with Crippen molar-refractivity contribution in [3.05, 3.63) is 65.4 Å². The van der Waals surface area contributed by atoms with E-state index < -0.39 is 0 Å². The second kappa shape index (κ2) is 7.72. The summed E-state index contributed by atoms with van der Waals surface area (Å²) in [6.07, 6.45) is 1.62. The molecule has 0 unspecified atom stereocenters. The molecule has 25 heavy (non-hydrogen) atoms. The number of thioether (sulfide) groups is 1. The molecular weight excluding hydrogens is 356 g/mol. The van der Waals surface area contributed by atoms with E-state index in [-0.39, 0.29) is 11.7 Å². The molecule has 5 nitrogen and oxygen atoms in total. The molecule has 0 spiro atoms. The van der Waals surface area contributed by atoms with Crippen LogP contribution in [-0.4, -0.2) is 33.5 Å². The number of anilines is 1. The van der Waals surface area contributed by atoms with Crippen LogP contribution in [-0.2, 0) is 4.79 Å². The average molecular weight is 373 g/mol. The number of benzene rings is 2. The number of nitrogens with zero attached hydrogens (tertiary/aromatic N) is 4. The third-order valence-corrected chi connectivity index (χ3v) is 5.13. The Kier molecular flexibility index (Phi) is 5.40. The van der Waals surface area contributed by atoms with E-state index in [0.29, 0.717) is 10.2 Å². The lowest BCUT2D eigenvalue weighted by Crippen LogP contribution is -2.27. The van der Waals surface area contributed by atoms with Gasteiger partial charge in [0, 0.05) is 17.8 Å². The van der Waals surface area contributed by atoms with E-state index in [9.17, 15) is 4.79 Å². The Bertz CT molecular complexity index is 882. The molecule has 0 fully saturated rings. The van der Waals surface area contributed by atoms with Gasteiger partial charge in [-0.05, 0) is 36.8 Å². The molecule has 1 aromatic heterocycles. The lowest BCUT2D eigenvalue weighted by molar-refractivity contribution is -0.115. The van der Waals surface area contributed by atoms with Crippen molar-refractivity contribution in [3.63, 3.8) is 0 Å². The standard InChI is InChI=1S/C18H17ClN4OS/c1-13-8-9-15(10-16(13)19)23-12-20-21-18(23)25-11-17(24)22(2)14-6-4-3-5-7-14/h3-10,12H,11H2,1-2H3. The predicted molar refractivity (Wildman–Crippen MR) is 102 cm³/mol. The fraction of sp³-hybridized carbons (Fsp3) is 0.167. The van der Waals surface area contributed by atoms with Crippen LogP contribution >= 0.6 is 23.4 Å². The van der Waals surface area contributed by atoms with Crippen molar-refractivity contribution < 1.29 is 4.79 Å². The van der Waals surface area contributed by atoms with E-state index in [4.69, 9.17) is 11.6 Å². The van der Waals surface area contributed by atoms with Crippen LogP contribution in [0, 0.1) is 6.92 Å². The quantitative estimate of drug-likeness (QED) is 0.635. The Hall–Kier alpha value is -2.31.